The zero-order valence-electron chi connectivity index (χ0n) is 15.5. The Morgan fingerprint density at radius 1 is 1.27 bits per heavy atom. The lowest BCUT2D eigenvalue weighted by Crippen LogP contribution is -2.40. The van der Waals surface area contributed by atoms with E-state index in [1.54, 1.807) is 0 Å². The molecule has 0 saturated carbocycles. The first-order valence-corrected chi connectivity index (χ1v) is 9.34. The summed E-state index contributed by atoms with van der Waals surface area (Å²) in [7, 11) is 0. The van der Waals surface area contributed by atoms with Gasteiger partial charge in [0.05, 0.1) is 18.3 Å². The smallest absolute Gasteiger partial charge is 0.236 e. The first kappa shape index (κ1) is 17.1. The van der Waals surface area contributed by atoms with Crippen molar-refractivity contribution in [2.45, 2.75) is 32.9 Å². The van der Waals surface area contributed by atoms with Crippen LogP contribution in [-0.2, 0) is 11.3 Å². The standard InChI is InChI=1S/C20H26N4O2/c1-15-11-16(2)24(21-15)18-7-8-23(13-18)20(25)14-22-9-10-26-19-6-4-3-5-17(19)12-22/h3-6,11,18H,7-10,12-14H2,1-2H3/t18-/m0/s1. The predicted molar refractivity (Wildman–Crippen MR) is 99.1 cm³/mol. The van der Waals surface area contributed by atoms with Crippen molar-refractivity contribution in [3.8, 4) is 5.75 Å². The Labute approximate surface area is 154 Å². The monoisotopic (exact) mass is 354 g/mol. The molecule has 0 spiro atoms. The third kappa shape index (κ3) is 3.46. The molecular weight excluding hydrogens is 328 g/mol. The highest BCUT2D eigenvalue weighted by molar-refractivity contribution is 5.78. The van der Waals surface area contributed by atoms with Crippen molar-refractivity contribution in [3.63, 3.8) is 0 Å². The molecule has 1 aromatic heterocycles. The van der Waals surface area contributed by atoms with Crippen LogP contribution < -0.4 is 4.74 Å². The van der Waals surface area contributed by atoms with E-state index in [9.17, 15) is 4.79 Å². The normalized spacial score (nSPS) is 20.5. The Morgan fingerprint density at radius 2 is 2.12 bits per heavy atom. The van der Waals surface area contributed by atoms with Crippen LogP contribution >= 0.6 is 0 Å². The second-order valence-electron chi connectivity index (χ2n) is 7.32. The number of carbonyl (C=O) groups is 1. The quantitative estimate of drug-likeness (QED) is 0.848. The summed E-state index contributed by atoms with van der Waals surface area (Å²) in [5.41, 5.74) is 3.36. The summed E-state index contributed by atoms with van der Waals surface area (Å²) in [4.78, 5) is 17.0. The molecule has 2 aliphatic heterocycles. The Kier molecular flexibility index (Phi) is 4.68. The van der Waals surface area contributed by atoms with Gasteiger partial charge in [0.15, 0.2) is 0 Å². The molecule has 1 amide bonds. The van der Waals surface area contributed by atoms with Crippen LogP contribution in [-0.4, -0.2) is 58.3 Å². The third-order valence-corrected chi connectivity index (χ3v) is 5.30. The van der Waals surface area contributed by atoms with Crippen molar-refractivity contribution < 1.29 is 9.53 Å². The number of rotatable bonds is 3. The van der Waals surface area contributed by atoms with Gasteiger partial charge in [0.2, 0.25) is 5.91 Å². The van der Waals surface area contributed by atoms with E-state index < -0.39 is 0 Å². The van der Waals surface area contributed by atoms with E-state index in [0.717, 1.165) is 49.6 Å². The molecular formula is C20H26N4O2. The molecule has 3 heterocycles. The summed E-state index contributed by atoms with van der Waals surface area (Å²) < 4.78 is 7.88. The van der Waals surface area contributed by atoms with Crippen LogP contribution in [0.4, 0.5) is 0 Å². The van der Waals surface area contributed by atoms with E-state index in [1.165, 1.54) is 5.69 Å². The average Bonchev–Trinajstić information content (AvgIpc) is 3.16. The maximum atomic E-state index is 12.8. The van der Waals surface area contributed by atoms with Gasteiger partial charge in [-0.2, -0.15) is 5.10 Å². The molecule has 2 aliphatic rings. The fraction of sp³-hybridized carbons (Fsp3) is 0.500. The highest BCUT2D eigenvalue weighted by Gasteiger charge is 2.30. The molecule has 2 aromatic rings. The van der Waals surface area contributed by atoms with Crippen LogP contribution in [0.1, 0.15) is 29.4 Å². The molecule has 0 radical (unpaired) electrons. The van der Waals surface area contributed by atoms with Gasteiger partial charge in [-0.15, -0.1) is 0 Å². The molecule has 6 heteroatoms. The van der Waals surface area contributed by atoms with Gasteiger partial charge in [-0.25, -0.2) is 0 Å². The Morgan fingerprint density at radius 3 is 2.92 bits per heavy atom. The predicted octanol–water partition coefficient (Wildman–Crippen LogP) is 2.17. The number of hydrogen-bond acceptors (Lipinski definition) is 4. The van der Waals surface area contributed by atoms with Gasteiger partial charge >= 0.3 is 0 Å². The number of likely N-dealkylation sites (tertiary alicyclic amines) is 1. The molecule has 1 atom stereocenters. The third-order valence-electron chi connectivity index (χ3n) is 5.30. The summed E-state index contributed by atoms with van der Waals surface area (Å²) in [6.07, 6.45) is 0.972. The topological polar surface area (TPSA) is 50.6 Å². The number of amides is 1. The van der Waals surface area contributed by atoms with Crippen molar-refractivity contribution in [3.05, 3.63) is 47.3 Å². The number of carbonyl (C=O) groups excluding carboxylic acids is 1. The van der Waals surface area contributed by atoms with E-state index in [4.69, 9.17) is 4.74 Å². The van der Waals surface area contributed by atoms with Gasteiger partial charge in [0.25, 0.3) is 0 Å². The first-order chi connectivity index (χ1) is 12.6. The molecule has 0 unspecified atom stereocenters. The molecule has 4 rings (SSSR count). The number of aryl methyl sites for hydroxylation is 2. The highest BCUT2D eigenvalue weighted by atomic mass is 16.5. The first-order valence-electron chi connectivity index (χ1n) is 9.34. The molecule has 0 N–H and O–H groups in total. The number of benzene rings is 1. The minimum atomic E-state index is 0.202. The van der Waals surface area contributed by atoms with Crippen LogP contribution in [0.2, 0.25) is 0 Å². The Hall–Kier alpha value is -2.34. The molecule has 1 saturated heterocycles. The molecule has 1 aromatic carbocycles. The zero-order valence-corrected chi connectivity index (χ0v) is 15.5. The van der Waals surface area contributed by atoms with Crippen LogP contribution in [0, 0.1) is 13.8 Å². The summed E-state index contributed by atoms with van der Waals surface area (Å²) in [5.74, 6) is 1.14. The molecule has 138 valence electrons. The number of aromatic nitrogens is 2. The number of fused-ring (bicyclic) bond motifs is 1. The lowest BCUT2D eigenvalue weighted by atomic mass is 10.2. The average molecular weight is 354 g/mol. The van der Waals surface area contributed by atoms with Gasteiger partial charge in [0, 0.05) is 37.4 Å². The molecule has 1 fully saturated rings. The number of ether oxygens (including phenoxy) is 1. The molecule has 0 aliphatic carbocycles. The van der Waals surface area contributed by atoms with Gasteiger partial charge in [-0.3, -0.25) is 14.4 Å². The van der Waals surface area contributed by atoms with E-state index in [0.29, 0.717) is 19.2 Å². The Balaban J connectivity index is 1.37. The lowest BCUT2D eigenvalue weighted by molar-refractivity contribution is -0.131. The second kappa shape index (κ2) is 7.11. The summed E-state index contributed by atoms with van der Waals surface area (Å²) in [6, 6.07) is 10.5. The van der Waals surface area contributed by atoms with E-state index >= 15 is 0 Å². The lowest BCUT2D eigenvalue weighted by Gasteiger charge is -2.23. The van der Waals surface area contributed by atoms with Crippen molar-refractivity contribution in [1.82, 2.24) is 19.6 Å². The minimum Gasteiger partial charge on any atom is -0.492 e. The van der Waals surface area contributed by atoms with Crippen LogP contribution in [0.15, 0.2) is 30.3 Å². The zero-order chi connectivity index (χ0) is 18.1. The summed E-state index contributed by atoms with van der Waals surface area (Å²) in [6.45, 7) is 8.26. The van der Waals surface area contributed by atoms with E-state index in [-0.39, 0.29) is 5.91 Å². The van der Waals surface area contributed by atoms with Gasteiger partial charge in [-0.05, 0) is 32.4 Å². The summed E-state index contributed by atoms with van der Waals surface area (Å²) >= 11 is 0. The van der Waals surface area contributed by atoms with Gasteiger partial charge in [-0.1, -0.05) is 18.2 Å². The largest absolute Gasteiger partial charge is 0.492 e. The number of hydrogen-bond donors (Lipinski definition) is 0. The number of para-hydroxylation sites is 1. The van der Waals surface area contributed by atoms with Gasteiger partial charge in [0.1, 0.15) is 12.4 Å². The molecule has 26 heavy (non-hydrogen) atoms. The van der Waals surface area contributed by atoms with Crippen LogP contribution in [0.25, 0.3) is 0 Å². The van der Waals surface area contributed by atoms with Crippen molar-refractivity contribution in [2.24, 2.45) is 0 Å². The molecule has 0 bridgehead atoms. The molecule has 6 nitrogen and oxygen atoms in total. The second-order valence-corrected chi connectivity index (χ2v) is 7.32. The van der Waals surface area contributed by atoms with E-state index in [1.807, 2.05) is 30.0 Å². The minimum absolute atomic E-state index is 0.202. The van der Waals surface area contributed by atoms with Crippen molar-refractivity contribution in [1.29, 1.82) is 0 Å². The fourth-order valence-electron chi connectivity index (χ4n) is 3.99. The van der Waals surface area contributed by atoms with Crippen molar-refractivity contribution in [2.75, 3.05) is 32.8 Å². The van der Waals surface area contributed by atoms with Crippen molar-refractivity contribution >= 4 is 5.91 Å². The van der Waals surface area contributed by atoms with Crippen LogP contribution in [0.3, 0.4) is 0 Å². The number of nitrogens with zero attached hydrogens (tertiary/aromatic N) is 4. The van der Waals surface area contributed by atoms with Crippen LogP contribution in [0.5, 0.6) is 5.75 Å². The Bertz CT molecular complexity index is 801. The summed E-state index contributed by atoms with van der Waals surface area (Å²) in [5, 5.41) is 4.59. The highest BCUT2D eigenvalue weighted by Crippen LogP contribution is 2.25. The fourth-order valence-corrected chi connectivity index (χ4v) is 3.99. The van der Waals surface area contributed by atoms with E-state index in [2.05, 4.69) is 33.7 Å². The SMILES string of the molecule is Cc1cc(C)n([C@H]2CCN(C(=O)CN3CCOc4ccccc4C3)C2)n1. The van der Waals surface area contributed by atoms with Gasteiger partial charge < -0.3 is 9.64 Å². The maximum absolute atomic E-state index is 12.8. The maximum Gasteiger partial charge on any atom is 0.236 e.